The number of ether oxygens (including phenoxy) is 1. The van der Waals surface area contributed by atoms with Crippen LogP contribution in [0.5, 0.6) is 0 Å². The van der Waals surface area contributed by atoms with Crippen LogP contribution in [0.4, 0.5) is 5.69 Å². The minimum atomic E-state index is -0.452. The molecule has 7 nitrogen and oxygen atoms in total. The maximum Gasteiger partial charge on any atom is 0.338 e. The highest BCUT2D eigenvalue weighted by atomic mass is 32.2. The van der Waals surface area contributed by atoms with Gasteiger partial charge in [-0.3, -0.25) is 9.59 Å². The summed E-state index contributed by atoms with van der Waals surface area (Å²) >= 11 is 2.84. The molecule has 33 heavy (non-hydrogen) atoms. The van der Waals surface area contributed by atoms with Gasteiger partial charge in [0, 0.05) is 10.6 Å². The lowest BCUT2D eigenvalue weighted by Gasteiger charge is -2.17. The van der Waals surface area contributed by atoms with E-state index in [-0.39, 0.29) is 18.1 Å². The average molecular weight is 486 g/mol. The Morgan fingerprint density at radius 2 is 2.18 bits per heavy atom. The van der Waals surface area contributed by atoms with Crippen molar-refractivity contribution >= 4 is 50.9 Å². The molecule has 2 aromatic heterocycles. The minimum absolute atomic E-state index is 0.132. The van der Waals surface area contributed by atoms with Crippen LogP contribution in [0.1, 0.15) is 54.4 Å². The number of nitrogens with one attached hydrogen (secondary N) is 2. The van der Waals surface area contributed by atoms with E-state index in [1.54, 1.807) is 42.5 Å². The van der Waals surface area contributed by atoms with Crippen molar-refractivity contribution in [3.63, 3.8) is 0 Å². The molecule has 0 aliphatic heterocycles. The van der Waals surface area contributed by atoms with Crippen LogP contribution in [0.3, 0.4) is 0 Å². The Hall–Kier alpha value is -2.65. The van der Waals surface area contributed by atoms with E-state index in [1.165, 1.54) is 16.6 Å². The summed E-state index contributed by atoms with van der Waals surface area (Å²) in [7, 11) is 0. The lowest BCUT2D eigenvalue weighted by molar-refractivity contribution is -0.115. The summed E-state index contributed by atoms with van der Waals surface area (Å²) in [6, 6.07) is 6.66. The molecule has 3 aromatic rings. The molecule has 2 N–H and O–H groups in total. The van der Waals surface area contributed by atoms with E-state index in [4.69, 9.17) is 4.74 Å². The first-order valence-electron chi connectivity index (χ1n) is 11.2. The van der Waals surface area contributed by atoms with Gasteiger partial charge in [-0.1, -0.05) is 31.7 Å². The first kappa shape index (κ1) is 23.5. The monoisotopic (exact) mass is 485 g/mol. The number of anilines is 1. The number of aromatic amines is 1. The number of carbonyl (C=O) groups excluding carboxylic acids is 2. The molecular formula is C24H27N3O4S2. The van der Waals surface area contributed by atoms with Gasteiger partial charge in [0.25, 0.3) is 5.56 Å². The zero-order valence-electron chi connectivity index (χ0n) is 18.9. The number of H-pyrrole nitrogens is 1. The second kappa shape index (κ2) is 10.1. The first-order valence-corrected chi connectivity index (χ1v) is 12.9. The van der Waals surface area contributed by atoms with Gasteiger partial charge in [-0.15, -0.1) is 11.3 Å². The van der Waals surface area contributed by atoms with Gasteiger partial charge >= 0.3 is 5.97 Å². The quantitative estimate of drug-likeness (QED) is 0.283. The van der Waals surface area contributed by atoms with Gasteiger partial charge < -0.3 is 15.0 Å². The third-order valence-corrected chi connectivity index (χ3v) is 8.10. The number of benzene rings is 1. The number of amides is 1. The van der Waals surface area contributed by atoms with Gasteiger partial charge in [-0.05, 0) is 62.3 Å². The van der Waals surface area contributed by atoms with E-state index in [0.717, 1.165) is 29.7 Å². The summed E-state index contributed by atoms with van der Waals surface area (Å²) in [6.45, 7) is 6.17. The van der Waals surface area contributed by atoms with E-state index >= 15 is 0 Å². The third kappa shape index (κ3) is 5.14. The van der Waals surface area contributed by atoms with Crippen LogP contribution in [0.25, 0.3) is 10.2 Å². The smallest absolute Gasteiger partial charge is 0.338 e. The van der Waals surface area contributed by atoms with Crippen molar-refractivity contribution in [1.29, 1.82) is 0 Å². The molecule has 2 atom stereocenters. The van der Waals surface area contributed by atoms with Crippen LogP contribution in [0, 0.1) is 5.92 Å². The van der Waals surface area contributed by atoms with E-state index in [1.807, 2.05) is 6.92 Å². The second-order valence-electron chi connectivity index (χ2n) is 8.21. The molecule has 0 radical (unpaired) electrons. The molecule has 1 aliphatic carbocycles. The lowest BCUT2D eigenvalue weighted by Crippen LogP contribution is -2.25. The van der Waals surface area contributed by atoms with Crippen molar-refractivity contribution in [2.45, 2.75) is 56.9 Å². The third-order valence-electron chi connectivity index (χ3n) is 5.70. The average Bonchev–Trinajstić information content (AvgIpc) is 3.15. The summed E-state index contributed by atoms with van der Waals surface area (Å²) in [5.74, 6) is -0.0299. The Balaban J connectivity index is 1.52. The van der Waals surface area contributed by atoms with Gasteiger partial charge in [0.1, 0.15) is 4.83 Å². The van der Waals surface area contributed by atoms with Crippen molar-refractivity contribution in [1.82, 2.24) is 9.97 Å². The number of nitrogens with zero attached hydrogens (tertiary/aromatic N) is 1. The maximum absolute atomic E-state index is 12.9. The highest BCUT2D eigenvalue weighted by Crippen LogP contribution is 2.36. The minimum Gasteiger partial charge on any atom is -0.462 e. The normalized spacial score (nSPS) is 16.3. The number of esters is 1. The van der Waals surface area contributed by atoms with Gasteiger partial charge in [0.2, 0.25) is 5.91 Å². The summed E-state index contributed by atoms with van der Waals surface area (Å²) in [6.07, 6.45) is 3.54. The number of hydrogen-bond donors (Lipinski definition) is 2. The summed E-state index contributed by atoms with van der Waals surface area (Å²) in [5.41, 5.74) is 1.90. The Kier molecular flexibility index (Phi) is 7.19. The first-order chi connectivity index (χ1) is 15.9. The lowest BCUT2D eigenvalue weighted by atomic mass is 9.89. The molecule has 2 unspecified atom stereocenters. The molecular weight excluding hydrogens is 458 g/mol. The summed E-state index contributed by atoms with van der Waals surface area (Å²) in [5, 5.41) is 3.56. The molecule has 0 saturated carbocycles. The van der Waals surface area contributed by atoms with Crippen LogP contribution in [0.2, 0.25) is 0 Å². The topological polar surface area (TPSA) is 101 Å². The Labute approximate surface area is 200 Å². The maximum atomic E-state index is 12.9. The number of thiophene rings is 1. The second-order valence-corrected chi connectivity index (χ2v) is 10.5. The molecule has 0 spiro atoms. The molecule has 0 saturated heterocycles. The number of thioether (sulfide) groups is 1. The number of fused-ring (bicyclic) bond motifs is 3. The van der Waals surface area contributed by atoms with Gasteiger partial charge in [-0.2, -0.15) is 0 Å². The largest absolute Gasteiger partial charge is 0.462 e. The molecule has 0 fully saturated rings. The summed E-state index contributed by atoms with van der Waals surface area (Å²) in [4.78, 5) is 47.3. The van der Waals surface area contributed by atoms with Crippen LogP contribution >= 0.6 is 23.1 Å². The fourth-order valence-corrected chi connectivity index (χ4v) is 6.34. The van der Waals surface area contributed by atoms with Gasteiger partial charge in [-0.25, -0.2) is 9.78 Å². The zero-order valence-corrected chi connectivity index (χ0v) is 20.5. The molecule has 0 bridgehead atoms. The predicted octanol–water partition coefficient (Wildman–Crippen LogP) is 4.80. The highest BCUT2D eigenvalue weighted by Gasteiger charge is 2.25. The molecule has 1 aromatic carbocycles. The molecule has 174 valence electrons. The Morgan fingerprint density at radius 1 is 1.36 bits per heavy atom. The number of aromatic nitrogens is 2. The van der Waals surface area contributed by atoms with E-state index in [0.29, 0.717) is 34.1 Å². The SMILES string of the molecule is CCOC(=O)c1cccc(NC(=O)C(CC)Sc2nc3sc4c(c3c(=O)[nH]2)CCC(C)C4)c1. The molecule has 1 amide bonds. The summed E-state index contributed by atoms with van der Waals surface area (Å²) < 4.78 is 5.02. The van der Waals surface area contributed by atoms with Crippen molar-refractivity contribution in [2.24, 2.45) is 5.92 Å². The number of rotatable bonds is 7. The van der Waals surface area contributed by atoms with Crippen LogP contribution in [-0.4, -0.2) is 33.7 Å². The fourth-order valence-electron chi connectivity index (χ4n) is 4.00. The standard InChI is InChI=1S/C24H27N3O4S2/c1-4-17(20(28)25-15-8-6-7-14(12-15)23(30)31-5-2)33-24-26-21(29)19-16-10-9-13(3)11-18(16)32-22(19)27-24/h6-8,12-13,17H,4-5,9-11H2,1-3H3,(H,25,28)(H,26,27,29). The van der Waals surface area contributed by atoms with E-state index in [2.05, 4.69) is 22.2 Å². The molecule has 2 heterocycles. The molecule has 4 rings (SSSR count). The van der Waals surface area contributed by atoms with Crippen molar-refractivity contribution in [3.8, 4) is 0 Å². The van der Waals surface area contributed by atoms with Crippen molar-refractivity contribution < 1.29 is 14.3 Å². The Morgan fingerprint density at radius 3 is 2.94 bits per heavy atom. The molecule has 1 aliphatic rings. The number of aryl methyl sites for hydroxylation is 1. The van der Waals surface area contributed by atoms with Crippen LogP contribution < -0.4 is 10.9 Å². The molecule has 9 heteroatoms. The zero-order chi connectivity index (χ0) is 23.5. The van der Waals surface area contributed by atoms with E-state index < -0.39 is 11.2 Å². The highest BCUT2D eigenvalue weighted by molar-refractivity contribution is 8.00. The van der Waals surface area contributed by atoms with Crippen molar-refractivity contribution in [2.75, 3.05) is 11.9 Å². The van der Waals surface area contributed by atoms with Gasteiger partial charge in [0.15, 0.2) is 5.16 Å². The van der Waals surface area contributed by atoms with E-state index in [9.17, 15) is 14.4 Å². The number of carbonyl (C=O) groups is 2. The van der Waals surface area contributed by atoms with Crippen LogP contribution in [0.15, 0.2) is 34.2 Å². The fraction of sp³-hybridized carbons (Fsp3) is 0.417. The number of hydrogen-bond acceptors (Lipinski definition) is 7. The predicted molar refractivity (Wildman–Crippen MR) is 132 cm³/mol. The van der Waals surface area contributed by atoms with Crippen molar-refractivity contribution in [3.05, 3.63) is 50.6 Å². The Bertz CT molecular complexity index is 1250. The van der Waals surface area contributed by atoms with Gasteiger partial charge in [0.05, 0.1) is 22.8 Å². The van der Waals surface area contributed by atoms with Crippen LogP contribution in [-0.2, 0) is 22.4 Å².